The fourth-order valence-electron chi connectivity index (χ4n) is 1.40. The van der Waals surface area contributed by atoms with Crippen molar-refractivity contribution in [2.24, 2.45) is 22.9 Å². The Bertz CT molecular complexity index is 138. The van der Waals surface area contributed by atoms with Crippen molar-refractivity contribution in [3.8, 4) is 0 Å². The summed E-state index contributed by atoms with van der Waals surface area (Å²) in [6.45, 7) is 2.35. The Labute approximate surface area is 113 Å². The van der Waals surface area contributed by atoms with Gasteiger partial charge in [-0.05, 0) is 0 Å². The van der Waals surface area contributed by atoms with Gasteiger partial charge in [0.05, 0.1) is 24.7 Å². The first-order chi connectivity index (χ1) is 7.58. The molecular formula is C8H26AlN8. The van der Waals surface area contributed by atoms with Crippen LogP contribution in [0.5, 0.6) is 0 Å². The van der Waals surface area contributed by atoms with Crippen LogP contribution in [0.25, 0.3) is 0 Å². The largest absolute Gasteiger partial charge is 0.315 e. The highest BCUT2D eigenvalue weighted by molar-refractivity contribution is 5.75. The molecule has 1 fully saturated rings. The maximum Gasteiger partial charge on any atom is 0.146 e. The lowest BCUT2D eigenvalue weighted by Gasteiger charge is -2.25. The van der Waals surface area contributed by atoms with E-state index in [1.165, 1.54) is 0 Å². The van der Waals surface area contributed by atoms with Crippen LogP contribution in [-0.2, 0) is 0 Å². The molecule has 12 N–H and O–H groups in total. The van der Waals surface area contributed by atoms with E-state index >= 15 is 0 Å². The second-order valence-electron chi connectivity index (χ2n) is 4.06. The number of hydrogen-bond acceptors (Lipinski definition) is 8. The van der Waals surface area contributed by atoms with Crippen molar-refractivity contribution in [3.05, 3.63) is 0 Å². The first-order valence-corrected chi connectivity index (χ1v) is 5.54. The van der Waals surface area contributed by atoms with Crippen LogP contribution in [0.4, 0.5) is 0 Å². The molecule has 0 aromatic rings. The Morgan fingerprint density at radius 2 is 0.706 bits per heavy atom. The summed E-state index contributed by atoms with van der Waals surface area (Å²) in [5, 5.41) is 12.4. The second kappa shape index (κ2) is 9.18. The summed E-state index contributed by atoms with van der Waals surface area (Å²) < 4.78 is 0. The Kier molecular flexibility index (Phi) is 9.30. The fraction of sp³-hybridized carbons (Fsp3) is 1.00. The molecule has 101 valence electrons. The topological polar surface area (TPSA) is 152 Å². The third-order valence-electron chi connectivity index (χ3n) is 2.40. The molecule has 1 aliphatic rings. The van der Waals surface area contributed by atoms with E-state index in [2.05, 4.69) is 21.3 Å². The molecule has 0 saturated carbocycles. The SMILES string of the molecule is NC1CNC(N)CNC(N)CNC(N)CN1.[AlH2]. The number of nitrogens with two attached hydrogens (primary N) is 4. The van der Waals surface area contributed by atoms with E-state index < -0.39 is 0 Å². The summed E-state index contributed by atoms with van der Waals surface area (Å²) in [5.41, 5.74) is 23.2. The van der Waals surface area contributed by atoms with Crippen LogP contribution >= 0.6 is 0 Å². The molecule has 9 heteroatoms. The molecular weight excluding hydrogens is 235 g/mol. The fourth-order valence-corrected chi connectivity index (χ4v) is 1.40. The molecule has 4 unspecified atom stereocenters. The summed E-state index contributed by atoms with van der Waals surface area (Å²) >= 11 is 0. The number of rotatable bonds is 0. The summed E-state index contributed by atoms with van der Waals surface area (Å²) in [4.78, 5) is 0. The molecule has 0 bridgehead atoms. The molecule has 1 saturated heterocycles. The van der Waals surface area contributed by atoms with Crippen LogP contribution in [0.1, 0.15) is 0 Å². The van der Waals surface area contributed by atoms with Gasteiger partial charge >= 0.3 is 0 Å². The average molecular weight is 261 g/mol. The first kappa shape index (κ1) is 17.2. The molecule has 1 heterocycles. The van der Waals surface area contributed by atoms with Gasteiger partial charge in [0, 0.05) is 26.2 Å². The van der Waals surface area contributed by atoms with Gasteiger partial charge in [-0.1, -0.05) is 0 Å². The summed E-state index contributed by atoms with van der Waals surface area (Å²) in [7, 11) is 0. The van der Waals surface area contributed by atoms with Gasteiger partial charge in [0.2, 0.25) is 0 Å². The molecule has 0 aromatic heterocycles. The van der Waals surface area contributed by atoms with E-state index in [9.17, 15) is 0 Å². The van der Waals surface area contributed by atoms with Gasteiger partial charge in [0.25, 0.3) is 0 Å². The highest BCUT2D eigenvalue weighted by Crippen LogP contribution is 1.80. The highest BCUT2D eigenvalue weighted by atomic mass is 27.0. The van der Waals surface area contributed by atoms with E-state index in [-0.39, 0.29) is 42.0 Å². The zero-order valence-electron chi connectivity index (χ0n) is 10.4. The summed E-state index contributed by atoms with van der Waals surface area (Å²) in [6, 6.07) is 0. The maximum absolute atomic E-state index is 5.81. The van der Waals surface area contributed by atoms with E-state index in [1.54, 1.807) is 0 Å². The number of nitrogens with one attached hydrogen (secondary N) is 4. The third kappa shape index (κ3) is 8.02. The normalized spacial score (nSPS) is 37.4. The van der Waals surface area contributed by atoms with E-state index in [0.717, 1.165) is 0 Å². The Hall–Kier alpha value is 0.212. The van der Waals surface area contributed by atoms with Gasteiger partial charge in [-0.25, -0.2) is 0 Å². The minimum absolute atomic E-state index is 0. The predicted molar refractivity (Wildman–Crippen MR) is 72.5 cm³/mol. The van der Waals surface area contributed by atoms with Crippen LogP contribution < -0.4 is 44.2 Å². The quantitative estimate of drug-likeness (QED) is 0.201. The Morgan fingerprint density at radius 3 is 0.882 bits per heavy atom. The minimum Gasteiger partial charge on any atom is -0.315 e. The van der Waals surface area contributed by atoms with Gasteiger partial charge in [-0.15, -0.1) is 0 Å². The smallest absolute Gasteiger partial charge is 0.146 e. The standard InChI is InChI=1S/C8H24N8.Al.2H/c9-5-1-13-6(10)2-15-8(12)4-16-7(11)3-14-5;;;/h5-8,13-16H,1-4,9-12H2;;;. The molecule has 0 amide bonds. The van der Waals surface area contributed by atoms with Crippen LogP contribution in [0, 0.1) is 0 Å². The van der Waals surface area contributed by atoms with Crippen molar-refractivity contribution in [1.82, 2.24) is 21.3 Å². The lowest BCUT2D eigenvalue weighted by molar-refractivity contribution is 0.357. The molecule has 0 aliphatic carbocycles. The zero-order chi connectivity index (χ0) is 12.0. The second-order valence-corrected chi connectivity index (χ2v) is 4.06. The van der Waals surface area contributed by atoms with Crippen LogP contribution in [0.2, 0.25) is 0 Å². The van der Waals surface area contributed by atoms with Gasteiger partial charge in [-0.2, -0.15) is 0 Å². The molecule has 0 spiro atoms. The Balaban J connectivity index is 0.00000256. The van der Waals surface area contributed by atoms with Gasteiger partial charge < -0.3 is 22.9 Å². The molecule has 1 radical (unpaired) electrons. The molecule has 4 atom stereocenters. The third-order valence-corrected chi connectivity index (χ3v) is 2.40. The highest BCUT2D eigenvalue weighted by Gasteiger charge is 2.12. The summed E-state index contributed by atoms with van der Waals surface area (Å²) in [5.74, 6) is 0. The van der Waals surface area contributed by atoms with Crippen molar-refractivity contribution >= 4 is 17.4 Å². The van der Waals surface area contributed by atoms with Crippen LogP contribution in [-0.4, -0.2) is 68.2 Å². The first-order valence-electron chi connectivity index (χ1n) is 5.54. The predicted octanol–water partition coefficient (Wildman–Crippen LogP) is -5.42. The van der Waals surface area contributed by atoms with Crippen molar-refractivity contribution in [2.75, 3.05) is 26.2 Å². The van der Waals surface area contributed by atoms with E-state index in [4.69, 9.17) is 22.9 Å². The lowest BCUT2D eigenvalue weighted by Crippen LogP contribution is -2.61. The van der Waals surface area contributed by atoms with Gasteiger partial charge in [0.15, 0.2) is 0 Å². The molecule has 8 nitrogen and oxygen atoms in total. The molecule has 1 rings (SSSR count). The van der Waals surface area contributed by atoms with Crippen molar-refractivity contribution < 1.29 is 0 Å². The van der Waals surface area contributed by atoms with Crippen molar-refractivity contribution in [1.29, 1.82) is 0 Å². The number of hydrogen-bond donors (Lipinski definition) is 8. The zero-order valence-corrected chi connectivity index (χ0v) is 12.4. The van der Waals surface area contributed by atoms with Gasteiger partial charge in [0.1, 0.15) is 17.4 Å². The van der Waals surface area contributed by atoms with Crippen LogP contribution in [0.3, 0.4) is 0 Å². The molecule has 1 aliphatic heterocycles. The van der Waals surface area contributed by atoms with Crippen LogP contribution in [0.15, 0.2) is 0 Å². The van der Waals surface area contributed by atoms with E-state index in [1.807, 2.05) is 0 Å². The van der Waals surface area contributed by atoms with Crippen molar-refractivity contribution in [3.63, 3.8) is 0 Å². The monoisotopic (exact) mass is 261 g/mol. The average Bonchev–Trinajstić information content (AvgIpc) is 2.27. The van der Waals surface area contributed by atoms with E-state index in [0.29, 0.717) is 26.2 Å². The maximum atomic E-state index is 5.81. The summed E-state index contributed by atoms with van der Waals surface area (Å²) in [6.07, 6.45) is -0.641. The van der Waals surface area contributed by atoms with Gasteiger partial charge in [-0.3, -0.25) is 21.3 Å². The lowest BCUT2D eigenvalue weighted by atomic mass is 10.3. The molecule has 0 aromatic carbocycles. The minimum atomic E-state index is -0.160. The Morgan fingerprint density at radius 1 is 0.529 bits per heavy atom. The molecule has 17 heavy (non-hydrogen) atoms. The van der Waals surface area contributed by atoms with Crippen molar-refractivity contribution in [2.45, 2.75) is 24.7 Å².